The summed E-state index contributed by atoms with van der Waals surface area (Å²) in [6, 6.07) is 14.3. The quantitative estimate of drug-likeness (QED) is 0.583. The SMILES string of the molecule is N#CC1=C(N)N(c2ccccc2C(F)(F)F)C2=C(C(=O)CCC2)[C@@H]1c1ccc(Br)cc1. The number of allylic oxidation sites excluding steroid dienone is 3. The summed E-state index contributed by atoms with van der Waals surface area (Å²) in [5.41, 5.74) is 6.82. The van der Waals surface area contributed by atoms with E-state index in [1.807, 2.05) is 0 Å². The number of nitrogens with two attached hydrogens (primary N) is 1. The Bertz CT molecular complexity index is 1160. The van der Waals surface area contributed by atoms with Gasteiger partial charge in [-0.3, -0.25) is 9.69 Å². The fraction of sp³-hybridized carbons (Fsp3) is 0.217. The second-order valence-electron chi connectivity index (χ2n) is 7.38. The summed E-state index contributed by atoms with van der Waals surface area (Å²) in [6.45, 7) is 0. The van der Waals surface area contributed by atoms with E-state index < -0.39 is 17.7 Å². The third-order valence-electron chi connectivity index (χ3n) is 5.57. The number of hydrogen-bond acceptors (Lipinski definition) is 4. The van der Waals surface area contributed by atoms with Gasteiger partial charge in [0.15, 0.2) is 5.78 Å². The van der Waals surface area contributed by atoms with Crippen molar-refractivity contribution >= 4 is 27.4 Å². The Hall–Kier alpha value is -3.05. The number of Topliss-reactive ketones (excluding diaryl/α,β-unsaturated/α-hetero) is 1. The molecule has 2 aromatic carbocycles. The summed E-state index contributed by atoms with van der Waals surface area (Å²) in [5.74, 6) is -0.973. The number of nitrogens with zero attached hydrogens (tertiary/aromatic N) is 2. The maximum Gasteiger partial charge on any atom is 0.418 e. The maximum absolute atomic E-state index is 13.8. The molecule has 1 aliphatic heterocycles. The van der Waals surface area contributed by atoms with Gasteiger partial charge in [0.05, 0.1) is 28.8 Å². The molecular weight excluding hydrogens is 471 g/mol. The Kier molecular flexibility index (Phi) is 5.40. The van der Waals surface area contributed by atoms with Crippen LogP contribution in [0, 0.1) is 11.3 Å². The zero-order valence-corrected chi connectivity index (χ0v) is 17.8. The Labute approximate surface area is 185 Å². The van der Waals surface area contributed by atoms with Crippen LogP contribution < -0.4 is 10.6 Å². The Balaban J connectivity index is 2.00. The molecule has 4 nitrogen and oxygen atoms in total. The first-order valence-electron chi connectivity index (χ1n) is 9.62. The van der Waals surface area contributed by atoms with Gasteiger partial charge in [0, 0.05) is 22.2 Å². The van der Waals surface area contributed by atoms with Gasteiger partial charge in [0.2, 0.25) is 0 Å². The Morgan fingerprint density at radius 3 is 2.42 bits per heavy atom. The molecule has 0 bridgehead atoms. The van der Waals surface area contributed by atoms with Crippen LogP contribution in [0.5, 0.6) is 0 Å². The topological polar surface area (TPSA) is 70.1 Å². The number of carbonyl (C=O) groups excluding carboxylic acids is 1. The van der Waals surface area contributed by atoms with Crippen LogP contribution in [0.25, 0.3) is 0 Å². The summed E-state index contributed by atoms with van der Waals surface area (Å²) in [6.07, 6.45) is -3.45. The molecule has 8 heteroatoms. The van der Waals surface area contributed by atoms with Crippen molar-refractivity contribution in [1.29, 1.82) is 5.26 Å². The van der Waals surface area contributed by atoms with E-state index in [1.54, 1.807) is 24.3 Å². The third kappa shape index (κ3) is 3.63. The fourth-order valence-electron chi connectivity index (χ4n) is 4.26. The van der Waals surface area contributed by atoms with Crippen molar-refractivity contribution in [3.05, 3.63) is 86.8 Å². The van der Waals surface area contributed by atoms with Crippen molar-refractivity contribution in [2.75, 3.05) is 4.90 Å². The van der Waals surface area contributed by atoms with E-state index in [-0.39, 0.29) is 29.3 Å². The highest BCUT2D eigenvalue weighted by Gasteiger charge is 2.43. The van der Waals surface area contributed by atoms with E-state index >= 15 is 0 Å². The van der Waals surface area contributed by atoms with Gasteiger partial charge in [-0.1, -0.05) is 40.2 Å². The van der Waals surface area contributed by atoms with E-state index in [0.717, 1.165) is 10.5 Å². The average molecular weight is 488 g/mol. The van der Waals surface area contributed by atoms with Crippen LogP contribution >= 0.6 is 15.9 Å². The Morgan fingerprint density at radius 1 is 1.10 bits per heavy atom. The number of alkyl halides is 3. The number of ketones is 1. The van der Waals surface area contributed by atoms with E-state index in [9.17, 15) is 23.2 Å². The minimum atomic E-state index is -4.62. The zero-order valence-electron chi connectivity index (χ0n) is 16.2. The number of para-hydroxylation sites is 1. The lowest BCUT2D eigenvalue weighted by atomic mass is 9.75. The largest absolute Gasteiger partial charge is 0.418 e. The minimum absolute atomic E-state index is 0.0632. The number of benzene rings is 2. The molecule has 0 amide bonds. The van der Waals surface area contributed by atoms with Gasteiger partial charge in [-0.05, 0) is 42.7 Å². The number of rotatable bonds is 2. The highest BCUT2D eigenvalue weighted by atomic mass is 79.9. The highest BCUT2D eigenvalue weighted by molar-refractivity contribution is 9.10. The summed E-state index contributed by atoms with van der Waals surface area (Å²) >= 11 is 3.37. The van der Waals surface area contributed by atoms with Gasteiger partial charge in [0.25, 0.3) is 0 Å². The predicted molar refractivity (Wildman–Crippen MR) is 114 cm³/mol. The number of hydrogen-bond donors (Lipinski definition) is 1. The van der Waals surface area contributed by atoms with Crippen molar-refractivity contribution in [1.82, 2.24) is 0 Å². The molecule has 0 saturated heterocycles. The molecule has 1 heterocycles. The molecule has 2 N–H and O–H groups in total. The molecule has 0 unspecified atom stereocenters. The summed E-state index contributed by atoms with van der Waals surface area (Å²) in [5, 5.41) is 9.94. The van der Waals surface area contributed by atoms with Crippen molar-refractivity contribution in [2.24, 2.45) is 5.73 Å². The predicted octanol–water partition coefficient (Wildman–Crippen LogP) is 5.77. The second-order valence-corrected chi connectivity index (χ2v) is 8.30. The monoisotopic (exact) mass is 487 g/mol. The van der Waals surface area contributed by atoms with Gasteiger partial charge < -0.3 is 5.73 Å². The van der Waals surface area contributed by atoms with Crippen LogP contribution in [0.2, 0.25) is 0 Å². The lowest BCUT2D eigenvalue weighted by Crippen LogP contribution is -2.39. The van der Waals surface area contributed by atoms with E-state index in [4.69, 9.17) is 5.73 Å². The summed E-state index contributed by atoms with van der Waals surface area (Å²) in [7, 11) is 0. The molecule has 4 rings (SSSR count). The lowest BCUT2D eigenvalue weighted by Gasteiger charge is -2.40. The smallest absolute Gasteiger partial charge is 0.384 e. The summed E-state index contributed by atoms with van der Waals surface area (Å²) in [4.78, 5) is 14.3. The molecule has 0 saturated carbocycles. The highest BCUT2D eigenvalue weighted by Crippen LogP contribution is 2.48. The first-order valence-corrected chi connectivity index (χ1v) is 10.4. The van der Waals surface area contributed by atoms with Crippen molar-refractivity contribution in [3.8, 4) is 6.07 Å². The van der Waals surface area contributed by atoms with Gasteiger partial charge >= 0.3 is 6.18 Å². The molecule has 0 radical (unpaired) electrons. The first-order chi connectivity index (χ1) is 14.7. The standard InChI is InChI=1S/C23H17BrF3N3O/c24-14-10-8-13(9-11-14)20-15(12-28)22(29)30(18-6-3-7-19(31)21(18)20)17-5-2-1-4-16(17)23(25,26)27/h1-2,4-5,8-11,20H,3,6-7,29H2/t20-/m1/s1. The molecule has 0 aromatic heterocycles. The number of carbonyl (C=O) groups is 1. The van der Waals surface area contributed by atoms with Crippen LogP contribution in [0.1, 0.15) is 36.3 Å². The van der Waals surface area contributed by atoms with Gasteiger partial charge in [-0.25, -0.2) is 0 Å². The minimum Gasteiger partial charge on any atom is -0.384 e. The van der Waals surface area contributed by atoms with Crippen molar-refractivity contribution in [3.63, 3.8) is 0 Å². The van der Waals surface area contributed by atoms with E-state index in [1.165, 1.54) is 23.1 Å². The second kappa shape index (κ2) is 7.89. The van der Waals surface area contributed by atoms with Gasteiger partial charge in [-0.15, -0.1) is 0 Å². The van der Waals surface area contributed by atoms with Crippen molar-refractivity contribution < 1.29 is 18.0 Å². The van der Waals surface area contributed by atoms with E-state index in [0.29, 0.717) is 29.7 Å². The molecule has 0 fully saturated rings. The maximum atomic E-state index is 13.8. The molecule has 31 heavy (non-hydrogen) atoms. The molecule has 1 aliphatic carbocycles. The molecule has 158 valence electrons. The molecular formula is C23H17BrF3N3O. The fourth-order valence-corrected chi connectivity index (χ4v) is 4.52. The van der Waals surface area contributed by atoms with E-state index in [2.05, 4.69) is 22.0 Å². The average Bonchev–Trinajstić information content (AvgIpc) is 2.73. The zero-order chi connectivity index (χ0) is 22.3. The van der Waals surface area contributed by atoms with Crippen LogP contribution in [-0.4, -0.2) is 5.78 Å². The first kappa shape index (κ1) is 21.2. The van der Waals surface area contributed by atoms with Gasteiger partial charge in [0.1, 0.15) is 5.82 Å². The van der Waals surface area contributed by atoms with Crippen LogP contribution in [0.4, 0.5) is 18.9 Å². The summed E-state index contributed by atoms with van der Waals surface area (Å²) < 4.78 is 42.1. The number of anilines is 1. The van der Waals surface area contributed by atoms with Crippen LogP contribution in [-0.2, 0) is 11.0 Å². The van der Waals surface area contributed by atoms with Crippen molar-refractivity contribution in [2.45, 2.75) is 31.4 Å². The molecule has 0 spiro atoms. The molecule has 1 atom stereocenters. The van der Waals surface area contributed by atoms with Gasteiger partial charge in [-0.2, -0.15) is 18.4 Å². The molecule has 2 aromatic rings. The lowest BCUT2D eigenvalue weighted by molar-refractivity contribution is -0.137. The van der Waals surface area contributed by atoms with Crippen LogP contribution in [0.3, 0.4) is 0 Å². The molecule has 2 aliphatic rings. The number of halogens is 4. The normalized spacial score (nSPS) is 19.4. The van der Waals surface area contributed by atoms with Crippen LogP contribution in [0.15, 0.2) is 75.7 Å². The third-order valence-corrected chi connectivity index (χ3v) is 6.10. The number of nitriles is 1. The Morgan fingerprint density at radius 2 is 1.77 bits per heavy atom.